The van der Waals surface area contributed by atoms with Crippen molar-refractivity contribution in [3.05, 3.63) is 33.4 Å². The van der Waals surface area contributed by atoms with Crippen LogP contribution in [-0.4, -0.2) is 31.1 Å². The Kier molecular flexibility index (Phi) is 3.99. The molecule has 1 aliphatic heterocycles. The van der Waals surface area contributed by atoms with E-state index in [9.17, 15) is 0 Å². The van der Waals surface area contributed by atoms with Crippen molar-refractivity contribution in [2.75, 3.05) is 20.1 Å². The number of likely N-dealkylation sites (tertiary alicyclic amines) is 1. The molecule has 1 aromatic carbocycles. The molecule has 1 unspecified atom stereocenters. The van der Waals surface area contributed by atoms with Crippen LogP contribution in [0.15, 0.2) is 24.3 Å². The predicted molar refractivity (Wildman–Crippen MR) is 71.9 cm³/mol. The zero-order valence-electron chi connectivity index (χ0n) is 9.04. The molecule has 0 amide bonds. The lowest BCUT2D eigenvalue weighted by atomic mass is 10.2. The van der Waals surface area contributed by atoms with E-state index in [2.05, 4.69) is 64.1 Å². The van der Waals surface area contributed by atoms with Gasteiger partial charge in [0.25, 0.3) is 0 Å². The lowest BCUT2D eigenvalue weighted by Crippen LogP contribution is -2.30. The van der Waals surface area contributed by atoms with Crippen LogP contribution in [0.1, 0.15) is 12.0 Å². The van der Waals surface area contributed by atoms with E-state index in [0.29, 0.717) is 6.04 Å². The van der Waals surface area contributed by atoms with Crippen molar-refractivity contribution in [1.29, 1.82) is 0 Å². The normalized spacial score (nSPS) is 22.1. The number of hydrogen-bond acceptors (Lipinski definition) is 2. The zero-order valence-corrected chi connectivity index (χ0v) is 11.2. The smallest absolute Gasteiger partial charge is 0.0210 e. The van der Waals surface area contributed by atoms with Crippen molar-refractivity contribution in [3.8, 4) is 0 Å². The summed E-state index contributed by atoms with van der Waals surface area (Å²) in [4.78, 5) is 2.38. The topological polar surface area (TPSA) is 15.3 Å². The Morgan fingerprint density at radius 1 is 1.40 bits per heavy atom. The Morgan fingerprint density at radius 3 is 2.73 bits per heavy atom. The molecule has 1 atom stereocenters. The molecule has 1 saturated heterocycles. The van der Waals surface area contributed by atoms with Crippen LogP contribution in [0.2, 0.25) is 0 Å². The summed E-state index contributed by atoms with van der Waals surface area (Å²) in [5.41, 5.74) is 1.38. The maximum absolute atomic E-state index is 3.60. The van der Waals surface area contributed by atoms with E-state index < -0.39 is 0 Å². The molecule has 0 aliphatic carbocycles. The van der Waals surface area contributed by atoms with E-state index in [0.717, 1.165) is 6.54 Å². The Bertz CT molecular complexity index is 310. The lowest BCUT2D eigenvalue weighted by molar-refractivity contribution is 0.397. The van der Waals surface area contributed by atoms with Crippen molar-refractivity contribution >= 4 is 22.6 Å². The quantitative estimate of drug-likeness (QED) is 0.859. The number of hydrogen-bond donors (Lipinski definition) is 1. The van der Waals surface area contributed by atoms with Crippen LogP contribution in [0.25, 0.3) is 0 Å². The average molecular weight is 316 g/mol. The van der Waals surface area contributed by atoms with Crippen LogP contribution in [0.3, 0.4) is 0 Å². The minimum absolute atomic E-state index is 0.675. The maximum Gasteiger partial charge on any atom is 0.0210 e. The number of nitrogens with zero attached hydrogens (tertiary/aromatic N) is 1. The third-order valence-corrected chi connectivity index (χ3v) is 3.62. The molecule has 0 spiro atoms. The van der Waals surface area contributed by atoms with Crippen LogP contribution >= 0.6 is 22.6 Å². The highest BCUT2D eigenvalue weighted by molar-refractivity contribution is 14.1. The van der Waals surface area contributed by atoms with Gasteiger partial charge in [-0.25, -0.2) is 0 Å². The summed E-state index contributed by atoms with van der Waals surface area (Å²) in [5.74, 6) is 0. The van der Waals surface area contributed by atoms with Gasteiger partial charge in [0.2, 0.25) is 0 Å². The monoisotopic (exact) mass is 316 g/mol. The molecular weight excluding hydrogens is 299 g/mol. The number of rotatable bonds is 3. The molecule has 0 bridgehead atoms. The molecule has 1 heterocycles. The van der Waals surface area contributed by atoms with Gasteiger partial charge in [-0.15, -0.1) is 0 Å². The fraction of sp³-hybridized carbons (Fsp3) is 0.500. The van der Waals surface area contributed by atoms with Crippen LogP contribution in [0.5, 0.6) is 0 Å². The van der Waals surface area contributed by atoms with Crippen molar-refractivity contribution in [2.45, 2.75) is 19.0 Å². The minimum Gasteiger partial charge on any atom is -0.309 e. The van der Waals surface area contributed by atoms with E-state index in [4.69, 9.17) is 0 Å². The lowest BCUT2D eigenvalue weighted by Gasteiger charge is -2.12. The minimum atomic E-state index is 0.675. The predicted octanol–water partition coefficient (Wildman–Crippen LogP) is 2.08. The Labute approximate surface area is 105 Å². The van der Waals surface area contributed by atoms with Gasteiger partial charge in [0.15, 0.2) is 0 Å². The molecule has 0 aromatic heterocycles. The SMILES string of the molecule is CN1CCC(NCc2ccc(I)cc2)C1. The average Bonchev–Trinajstić information content (AvgIpc) is 2.64. The van der Waals surface area contributed by atoms with Gasteiger partial charge >= 0.3 is 0 Å². The highest BCUT2D eigenvalue weighted by Crippen LogP contribution is 2.09. The molecule has 0 saturated carbocycles. The van der Waals surface area contributed by atoms with Gasteiger partial charge in [-0.2, -0.15) is 0 Å². The van der Waals surface area contributed by atoms with Gasteiger partial charge < -0.3 is 10.2 Å². The van der Waals surface area contributed by atoms with Gasteiger partial charge in [-0.1, -0.05) is 12.1 Å². The fourth-order valence-corrected chi connectivity index (χ4v) is 2.33. The van der Waals surface area contributed by atoms with Crippen LogP contribution in [-0.2, 0) is 6.54 Å². The summed E-state index contributed by atoms with van der Waals surface area (Å²) in [7, 11) is 2.19. The van der Waals surface area contributed by atoms with E-state index >= 15 is 0 Å². The molecule has 3 heteroatoms. The second kappa shape index (κ2) is 5.27. The number of benzene rings is 1. The van der Waals surface area contributed by atoms with Crippen LogP contribution in [0.4, 0.5) is 0 Å². The van der Waals surface area contributed by atoms with Gasteiger partial charge in [-0.05, 0) is 60.3 Å². The fourth-order valence-electron chi connectivity index (χ4n) is 1.97. The molecule has 1 aliphatic rings. The van der Waals surface area contributed by atoms with Crippen molar-refractivity contribution in [3.63, 3.8) is 0 Å². The van der Waals surface area contributed by atoms with Crippen molar-refractivity contribution < 1.29 is 0 Å². The second-order valence-corrected chi connectivity index (χ2v) is 5.50. The summed E-state index contributed by atoms with van der Waals surface area (Å²) in [5, 5.41) is 3.60. The van der Waals surface area contributed by atoms with Crippen LogP contribution in [0, 0.1) is 3.57 Å². The molecule has 15 heavy (non-hydrogen) atoms. The summed E-state index contributed by atoms with van der Waals surface area (Å²) >= 11 is 2.34. The first-order valence-electron chi connectivity index (χ1n) is 5.40. The van der Waals surface area contributed by atoms with E-state index in [-0.39, 0.29) is 0 Å². The van der Waals surface area contributed by atoms with E-state index in [1.54, 1.807) is 0 Å². The number of nitrogens with one attached hydrogen (secondary N) is 1. The van der Waals surface area contributed by atoms with E-state index in [1.807, 2.05) is 0 Å². The largest absolute Gasteiger partial charge is 0.309 e. The molecule has 2 rings (SSSR count). The number of likely N-dealkylation sites (N-methyl/N-ethyl adjacent to an activating group) is 1. The third-order valence-electron chi connectivity index (χ3n) is 2.90. The summed E-state index contributed by atoms with van der Waals surface area (Å²) in [6.07, 6.45) is 1.28. The van der Waals surface area contributed by atoms with Crippen molar-refractivity contribution in [1.82, 2.24) is 10.2 Å². The molecule has 1 aromatic rings. The van der Waals surface area contributed by atoms with Gasteiger partial charge in [0.1, 0.15) is 0 Å². The first-order chi connectivity index (χ1) is 7.24. The van der Waals surface area contributed by atoms with Crippen LogP contribution < -0.4 is 5.32 Å². The molecular formula is C12H17IN2. The van der Waals surface area contributed by atoms with Crippen molar-refractivity contribution in [2.24, 2.45) is 0 Å². The Hall–Kier alpha value is -0.130. The summed E-state index contributed by atoms with van der Waals surface area (Å²) < 4.78 is 1.30. The van der Waals surface area contributed by atoms with Gasteiger partial charge in [0, 0.05) is 22.7 Å². The number of halogens is 1. The third kappa shape index (κ3) is 3.43. The van der Waals surface area contributed by atoms with Gasteiger partial charge in [0.05, 0.1) is 0 Å². The molecule has 1 fully saturated rings. The second-order valence-electron chi connectivity index (χ2n) is 4.26. The maximum atomic E-state index is 3.60. The molecule has 0 radical (unpaired) electrons. The molecule has 1 N–H and O–H groups in total. The highest BCUT2D eigenvalue weighted by atomic mass is 127. The zero-order chi connectivity index (χ0) is 10.7. The standard InChI is InChI=1S/C12H17IN2/c1-15-7-6-12(9-15)14-8-10-2-4-11(13)5-3-10/h2-5,12,14H,6-9H2,1H3. The molecule has 82 valence electrons. The first kappa shape index (κ1) is 11.4. The van der Waals surface area contributed by atoms with E-state index in [1.165, 1.54) is 28.6 Å². The summed E-state index contributed by atoms with van der Waals surface area (Å²) in [6, 6.07) is 9.41. The Morgan fingerprint density at radius 2 is 2.13 bits per heavy atom. The highest BCUT2D eigenvalue weighted by Gasteiger charge is 2.18. The summed E-state index contributed by atoms with van der Waals surface area (Å²) in [6.45, 7) is 3.41. The first-order valence-corrected chi connectivity index (χ1v) is 6.48. The van der Waals surface area contributed by atoms with Gasteiger partial charge in [-0.3, -0.25) is 0 Å². The Balaban J connectivity index is 1.80. The molecule has 2 nitrogen and oxygen atoms in total.